The normalized spacial score (nSPS) is 15.4. The summed E-state index contributed by atoms with van der Waals surface area (Å²) in [5, 5.41) is 7.64. The number of rotatable bonds is 4. The number of para-hydroxylation sites is 1. The Morgan fingerprint density at radius 3 is 1.67 bits per heavy atom. The van der Waals surface area contributed by atoms with Crippen molar-refractivity contribution in [1.29, 1.82) is 0 Å². The predicted molar refractivity (Wildman–Crippen MR) is 283 cm³/mol. The second-order valence-electron chi connectivity index (χ2n) is 20.9. The zero-order valence-corrected chi connectivity index (χ0v) is 38.9. The second kappa shape index (κ2) is 13.2. The van der Waals surface area contributed by atoms with Crippen LogP contribution in [0.15, 0.2) is 194 Å². The summed E-state index contributed by atoms with van der Waals surface area (Å²) in [6, 6.07) is 73.9. The van der Waals surface area contributed by atoms with Gasteiger partial charge in [0, 0.05) is 44.1 Å². The second-order valence-corrected chi connectivity index (χ2v) is 20.9. The molecule has 0 saturated heterocycles. The summed E-state index contributed by atoms with van der Waals surface area (Å²) in [6.45, 7) is 14.3. The number of benzene rings is 10. The molecule has 2 heterocycles. The van der Waals surface area contributed by atoms with E-state index >= 15 is 0 Å². The molecule has 2 aliphatic carbocycles. The molecular weight excluding hydrogens is 809 g/mol. The third kappa shape index (κ3) is 5.11. The fourth-order valence-corrected chi connectivity index (χ4v) is 12.9. The Morgan fingerprint density at radius 2 is 0.881 bits per heavy atom. The molecule has 2 nitrogen and oxygen atoms in total. The molecule has 0 N–H and O–H groups in total. The van der Waals surface area contributed by atoms with Crippen LogP contribution in [0.3, 0.4) is 0 Å². The molecule has 0 fully saturated rings. The summed E-state index contributed by atoms with van der Waals surface area (Å²) >= 11 is 0. The molecule has 0 saturated carbocycles. The van der Waals surface area contributed by atoms with E-state index in [2.05, 4.69) is 245 Å². The minimum Gasteiger partial charge on any atom is -0.310 e. The molecule has 0 amide bonds. The van der Waals surface area contributed by atoms with Crippen molar-refractivity contribution in [1.82, 2.24) is 4.57 Å². The highest BCUT2D eigenvalue weighted by Crippen LogP contribution is 2.55. The highest BCUT2D eigenvalue weighted by atomic mass is 15.1. The van der Waals surface area contributed by atoms with E-state index in [0.717, 1.165) is 17.1 Å². The van der Waals surface area contributed by atoms with E-state index in [4.69, 9.17) is 0 Å². The molecule has 0 bridgehead atoms. The first kappa shape index (κ1) is 38.6. The van der Waals surface area contributed by atoms with E-state index in [1.165, 1.54) is 116 Å². The maximum atomic E-state index is 2.56. The fraction of sp³-hybridized carbons (Fsp3) is 0.138. The SMILES string of the molecule is CC1(C)c2ccccc2-c2cc(N(c3ccc4c(c3)C(C)(C)c3ccccc3-4)c3ccc4c(c3)c3cc(-c5cc6ccccc6c6ccccc56)cc5c3n4-c3ccccc3C5(C)C)ccc21. The smallest absolute Gasteiger partial charge is 0.0582 e. The Bertz CT molecular complexity index is 3970. The van der Waals surface area contributed by atoms with E-state index in [-0.39, 0.29) is 16.2 Å². The van der Waals surface area contributed by atoms with Gasteiger partial charge in [-0.1, -0.05) is 169 Å². The Hall–Kier alpha value is -7.68. The molecule has 320 valence electrons. The lowest BCUT2D eigenvalue weighted by atomic mass is 9.74. The number of nitrogens with zero attached hydrogens (tertiary/aromatic N) is 2. The molecule has 1 aliphatic heterocycles. The van der Waals surface area contributed by atoms with Gasteiger partial charge in [0.1, 0.15) is 0 Å². The summed E-state index contributed by atoms with van der Waals surface area (Å²) in [6.07, 6.45) is 0. The molecule has 2 heteroatoms. The number of hydrogen-bond acceptors (Lipinski definition) is 1. The molecule has 14 rings (SSSR count). The Morgan fingerprint density at radius 1 is 0.328 bits per heavy atom. The lowest BCUT2D eigenvalue weighted by Crippen LogP contribution is -2.26. The first-order valence-corrected chi connectivity index (χ1v) is 23.9. The quantitative estimate of drug-likeness (QED) is 0.160. The summed E-state index contributed by atoms with van der Waals surface area (Å²) in [5.41, 5.74) is 22.8. The summed E-state index contributed by atoms with van der Waals surface area (Å²) < 4.78 is 2.56. The molecule has 11 aromatic rings. The van der Waals surface area contributed by atoms with Crippen LogP contribution in [0.5, 0.6) is 0 Å². The number of fused-ring (bicyclic) bond motifs is 14. The first-order valence-electron chi connectivity index (χ1n) is 23.9. The van der Waals surface area contributed by atoms with Gasteiger partial charge in [0.05, 0.1) is 16.7 Å². The van der Waals surface area contributed by atoms with E-state index in [9.17, 15) is 0 Å². The van der Waals surface area contributed by atoms with Crippen molar-refractivity contribution in [3.05, 3.63) is 228 Å². The standard InChI is InChI=1S/C65H50N2/c1-63(2)55-24-14-12-22-48(55)51-36-41(28-31-56(51)63)66(43-27-30-49-47-21-11-13-23-54(47)64(3,4)58(49)38-43)42-29-32-60-52(37-42)53-34-40(35-59-62(53)67(60)61-26-16-15-25-57(61)65(59,5)6)50-33-39-17-7-8-18-44(39)45-19-9-10-20-46(45)50/h7-38H,1-6H3. The third-order valence-corrected chi connectivity index (χ3v) is 16.3. The molecular formula is C65H50N2. The Labute approximate surface area is 392 Å². The maximum absolute atomic E-state index is 2.56. The molecule has 10 aromatic carbocycles. The maximum Gasteiger partial charge on any atom is 0.0582 e. The van der Waals surface area contributed by atoms with Gasteiger partial charge in [-0.15, -0.1) is 0 Å². The zero-order valence-electron chi connectivity index (χ0n) is 38.9. The largest absolute Gasteiger partial charge is 0.310 e. The van der Waals surface area contributed by atoms with Crippen LogP contribution >= 0.6 is 0 Å². The van der Waals surface area contributed by atoms with Crippen molar-refractivity contribution in [2.45, 2.75) is 57.8 Å². The Kier molecular flexibility index (Phi) is 7.62. The van der Waals surface area contributed by atoms with Crippen molar-refractivity contribution in [2.24, 2.45) is 0 Å². The third-order valence-electron chi connectivity index (χ3n) is 16.3. The zero-order chi connectivity index (χ0) is 45.1. The van der Waals surface area contributed by atoms with E-state index in [0.29, 0.717) is 0 Å². The molecule has 0 radical (unpaired) electrons. The van der Waals surface area contributed by atoms with Gasteiger partial charge in [0.2, 0.25) is 0 Å². The van der Waals surface area contributed by atoms with E-state index < -0.39 is 0 Å². The van der Waals surface area contributed by atoms with Crippen LogP contribution < -0.4 is 4.90 Å². The predicted octanol–water partition coefficient (Wildman–Crippen LogP) is 17.5. The fourth-order valence-electron chi connectivity index (χ4n) is 12.9. The van der Waals surface area contributed by atoms with Crippen LogP contribution in [0.2, 0.25) is 0 Å². The van der Waals surface area contributed by atoms with Gasteiger partial charge in [0.15, 0.2) is 0 Å². The molecule has 3 aliphatic rings. The molecule has 1 aromatic heterocycles. The summed E-state index contributed by atoms with van der Waals surface area (Å²) in [5.74, 6) is 0. The van der Waals surface area contributed by atoms with Crippen LogP contribution in [-0.4, -0.2) is 4.57 Å². The van der Waals surface area contributed by atoms with Crippen molar-refractivity contribution in [2.75, 3.05) is 4.90 Å². The topological polar surface area (TPSA) is 8.17 Å². The molecule has 0 unspecified atom stereocenters. The summed E-state index contributed by atoms with van der Waals surface area (Å²) in [7, 11) is 0. The summed E-state index contributed by atoms with van der Waals surface area (Å²) in [4.78, 5) is 2.52. The minimum absolute atomic E-state index is 0.0818. The molecule has 0 atom stereocenters. The van der Waals surface area contributed by atoms with Crippen LogP contribution in [0.25, 0.3) is 82.4 Å². The number of anilines is 3. The first-order chi connectivity index (χ1) is 32.5. The monoisotopic (exact) mass is 858 g/mol. The van der Waals surface area contributed by atoms with Gasteiger partial charge in [-0.25, -0.2) is 0 Å². The number of hydrogen-bond donors (Lipinski definition) is 0. The molecule has 0 spiro atoms. The van der Waals surface area contributed by atoms with Gasteiger partial charge in [-0.2, -0.15) is 0 Å². The Balaban J connectivity index is 1.05. The van der Waals surface area contributed by atoms with Gasteiger partial charge < -0.3 is 9.47 Å². The lowest BCUT2D eigenvalue weighted by molar-refractivity contribution is 0.630. The van der Waals surface area contributed by atoms with Crippen LogP contribution in [0.1, 0.15) is 74.9 Å². The van der Waals surface area contributed by atoms with Gasteiger partial charge >= 0.3 is 0 Å². The number of aromatic nitrogens is 1. The van der Waals surface area contributed by atoms with Crippen LogP contribution in [-0.2, 0) is 16.2 Å². The lowest BCUT2D eigenvalue weighted by Gasteiger charge is -2.35. The average molecular weight is 859 g/mol. The average Bonchev–Trinajstić information content (AvgIpc) is 3.89. The van der Waals surface area contributed by atoms with E-state index in [1.54, 1.807) is 0 Å². The van der Waals surface area contributed by atoms with Crippen molar-refractivity contribution in [3.63, 3.8) is 0 Å². The minimum atomic E-state index is -0.236. The van der Waals surface area contributed by atoms with Gasteiger partial charge in [-0.3, -0.25) is 0 Å². The van der Waals surface area contributed by atoms with Crippen LogP contribution in [0, 0.1) is 0 Å². The van der Waals surface area contributed by atoms with Crippen molar-refractivity contribution >= 4 is 60.4 Å². The highest BCUT2D eigenvalue weighted by Gasteiger charge is 2.39. The van der Waals surface area contributed by atoms with Crippen molar-refractivity contribution < 1.29 is 0 Å². The van der Waals surface area contributed by atoms with Crippen LogP contribution in [0.4, 0.5) is 17.1 Å². The van der Waals surface area contributed by atoms with Gasteiger partial charge in [-0.05, 0) is 155 Å². The molecule has 67 heavy (non-hydrogen) atoms. The van der Waals surface area contributed by atoms with E-state index in [1.807, 2.05) is 0 Å². The van der Waals surface area contributed by atoms with Gasteiger partial charge in [0.25, 0.3) is 0 Å². The van der Waals surface area contributed by atoms with Crippen molar-refractivity contribution in [3.8, 4) is 39.1 Å². The highest BCUT2D eigenvalue weighted by molar-refractivity contribution is 6.17.